The van der Waals surface area contributed by atoms with Crippen LogP contribution in [0.25, 0.3) is 44.4 Å². The Morgan fingerprint density at radius 1 is 0.769 bits per heavy atom. The van der Waals surface area contributed by atoms with E-state index in [2.05, 4.69) is 16.3 Å². The summed E-state index contributed by atoms with van der Waals surface area (Å²) in [6.07, 6.45) is 0. The highest BCUT2D eigenvalue weighted by molar-refractivity contribution is 7.13. The molecule has 0 amide bonds. The second-order valence-corrected chi connectivity index (χ2v) is 6.78. The molecule has 0 radical (unpaired) electrons. The summed E-state index contributed by atoms with van der Waals surface area (Å²) in [4.78, 5) is 5.90. The summed E-state index contributed by atoms with van der Waals surface area (Å²) in [7, 11) is 0. The molecule has 124 valence electrons. The molecular formula is C21H13N3OS. The Balaban J connectivity index is 1.70. The molecular weight excluding hydrogens is 342 g/mol. The lowest BCUT2D eigenvalue weighted by Crippen LogP contribution is -1.88. The molecule has 0 N–H and O–H groups in total. The van der Waals surface area contributed by atoms with Crippen molar-refractivity contribution in [3.8, 4) is 33.5 Å². The third kappa shape index (κ3) is 2.59. The van der Waals surface area contributed by atoms with E-state index in [0.717, 1.165) is 32.6 Å². The van der Waals surface area contributed by atoms with Gasteiger partial charge in [0.2, 0.25) is 11.8 Å². The van der Waals surface area contributed by atoms with Crippen molar-refractivity contribution < 1.29 is 4.42 Å². The van der Waals surface area contributed by atoms with E-state index < -0.39 is 0 Å². The number of nitrogens with zero attached hydrogens (tertiary/aromatic N) is 3. The summed E-state index contributed by atoms with van der Waals surface area (Å²) in [6.45, 7) is 0. The van der Waals surface area contributed by atoms with Gasteiger partial charge in [-0.3, -0.25) is 0 Å². The lowest BCUT2D eigenvalue weighted by molar-refractivity contribution is 0.585. The third-order valence-corrected chi connectivity index (χ3v) is 5.06. The Hall–Kier alpha value is -3.31. The normalized spacial score (nSPS) is 11.1. The number of aromatic nitrogens is 3. The predicted octanol–water partition coefficient (Wildman–Crippen LogP) is 5.68. The van der Waals surface area contributed by atoms with Crippen molar-refractivity contribution in [3.05, 3.63) is 78.2 Å². The monoisotopic (exact) mass is 355 g/mol. The third-order valence-electron chi connectivity index (χ3n) is 4.17. The average molecular weight is 355 g/mol. The summed E-state index contributed by atoms with van der Waals surface area (Å²) in [5.41, 5.74) is 3.62. The minimum atomic E-state index is 0.500. The number of fused-ring (bicyclic) bond motifs is 1. The van der Waals surface area contributed by atoms with E-state index in [9.17, 15) is 0 Å². The van der Waals surface area contributed by atoms with Crippen LogP contribution >= 0.6 is 11.3 Å². The van der Waals surface area contributed by atoms with Crippen LogP contribution in [0.4, 0.5) is 0 Å². The maximum Gasteiger partial charge on any atom is 0.248 e. The van der Waals surface area contributed by atoms with Gasteiger partial charge in [0.05, 0.1) is 21.7 Å². The smallest absolute Gasteiger partial charge is 0.248 e. The van der Waals surface area contributed by atoms with Gasteiger partial charge in [0.1, 0.15) is 0 Å². The Labute approximate surface area is 153 Å². The summed E-state index contributed by atoms with van der Waals surface area (Å²) < 4.78 is 5.99. The van der Waals surface area contributed by atoms with Gasteiger partial charge in [-0.25, -0.2) is 4.98 Å². The van der Waals surface area contributed by atoms with Gasteiger partial charge in [-0.05, 0) is 35.7 Å². The van der Waals surface area contributed by atoms with Crippen molar-refractivity contribution in [3.63, 3.8) is 0 Å². The molecule has 5 heteroatoms. The first-order valence-electron chi connectivity index (χ1n) is 8.21. The highest BCUT2D eigenvalue weighted by Crippen LogP contribution is 2.33. The van der Waals surface area contributed by atoms with Gasteiger partial charge in [-0.15, -0.1) is 21.5 Å². The first kappa shape index (κ1) is 15.0. The fourth-order valence-electron chi connectivity index (χ4n) is 2.93. The van der Waals surface area contributed by atoms with Crippen LogP contribution in [0.1, 0.15) is 0 Å². The van der Waals surface area contributed by atoms with E-state index in [0.29, 0.717) is 11.8 Å². The molecule has 0 aliphatic carbocycles. The van der Waals surface area contributed by atoms with Gasteiger partial charge in [0, 0.05) is 10.9 Å². The van der Waals surface area contributed by atoms with Crippen molar-refractivity contribution in [1.29, 1.82) is 0 Å². The molecule has 3 aromatic heterocycles. The van der Waals surface area contributed by atoms with Crippen LogP contribution in [0.15, 0.2) is 82.6 Å². The minimum absolute atomic E-state index is 0.500. The van der Waals surface area contributed by atoms with Crippen LogP contribution in [-0.4, -0.2) is 15.2 Å². The molecule has 0 spiro atoms. The van der Waals surface area contributed by atoms with Crippen molar-refractivity contribution >= 4 is 22.2 Å². The number of rotatable bonds is 3. The van der Waals surface area contributed by atoms with Crippen LogP contribution in [0.5, 0.6) is 0 Å². The van der Waals surface area contributed by atoms with Crippen molar-refractivity contribution in [2.24, 2.45) is 0 Å². The van der Waals surface area contributed by atoms with Gasteiger partial charge in [0.25, 0.3) is 0 Å². The van der Waals surface area contributed by atoms with Gasteiger partial charge >= 0.3 is 0 Å². The Kier molecular flexibility index (Phi) is 3.57. The van der Waals surface area contributed by atoms with Gasteiger partial charge in [0.15, 0.2) is 0 Å². The van der Waals surface area contributed by atoms with Crippen LogP contribution in [0.3, 0.4) is 0 Å². The predicted molar refractivity (Wildman–Crippen MR) is 104 cm³/mol. The van der Waals surface area contributed by atoms with E-state index in [1.54, 1.807) is 11.3 Å². The van der Waals surface area contributed by atoms with Gasteiger partial charge in [-0.2, -0.15) is 0 Å². The molecule has 0 bridgehead atoms. The van der Waals surface area contributed by atoms with Crippen LogP contribution in [-0.2, 0) is 0 Å². The first-order valence-corrected chi connectivity index (χ1v) is 9.09. The molecule has 2 aromatic carbocycles. The van der Waals surface area contributed by atoms with E-state index in [1.807, 2.05) is 72.1 Å². The topological polar surface area (TPSA) is 51.8 Å². The Bertz CT molecular complexity index is 1180. The van der Waals surface area contributed by atoms with Crippen molar-refractivity contribution in [2.45, 2.75) is 0 Å². The molecule has 5 rings (SSSR count). The molecule has 0 atom stereocenters. The number of para-hydroxylation sites is 1. The van der Waals surface area contributed by atoms with E-state index in [1.165, 1.54) is 0 Å². The average Bonchev–Trinajstić information content (AvgIpc) is 3.40. The molecule has 26 heavy (non-hydrogen) atoms. The van der Waals surface area contributed by atoms with Crippen LogP contribution in [0.2, 0.25) is 0 Å². The lowest BCUT2D eigenvalue weighted by Gasteiger charge is -2.06. The van der Waals surface area contributed by atoms with Gasteiger partial charge < -0.3 is 4.42 Å². The zero-order chi connectivity index (χ0) is 17.3. The maximum absolute atomic E-state index is 5.99. The molecule has 0 fully saturated rings. The first-order chi connectivity index (χ1) is 12.9. The quantitative estimate of drug-likeness (QED) is 0.418. The molecule has 0 unspecified atom stereocenters. The molecule has 0 aliphatic heterocycles. The molecule has 0 saturated heterocycles. The van der Waals surface area contributed by atoms with E-state index >= 15 is 0 Å². The summed E-state index contributed by atoms with van der Waals surface area (Å²) in [5.74, 6) is 1.01. The summed E-state index contributed by atoms with van der Waals surface area (Å²) in [6, 6.07) is 23.9. The Morgan fingerprint density at radius 2 is 1.58 bits per heavy atom. The second-order valence-electron chi connectivity index (χ2n) is 5.83. The number of thiophene rings is 1. The number of hydrogen-bond acceptors (Lipinski definition) is 5. The van der Waals surface area contributed by atoms with E-state index in [-0.39, 0.29) is 0 Å². The second kappa shape index (κ2) is 6.20. The SMILES string of the molecule is c1ccc(-c2nnc(-c3cc(-c4cccs4)nc4ccccc34)o2)cc1. The minimum Gasteiger partial charge on any atom is -0.416 e. The molecule has 0 aliphatic rings. The zero-order valence-electron chi connectivity index (χ0n) is 13.7. The number of pyridine rings is 1. The molecule has 3 heterocycles. The fraction of sp³-hybridized carbons (Fsp3) is 0. The summed E-state index contributed by atoms with van der Waals surface area (Å²) in [5, 5.41) is 11.6. The van der Waals surface area contributed by atoms with Crippen molar-refractivity contribution in [1.82, 2.24) is 15.2 Å². The fourth-order valence-corrected chi connectivity index (χ4v) is 3.62. The molecule has 5 aromatic rings. The molecule has 4 nitrogen and oxygen atoms in total. The highest BCUT2D eigenvalue weighted by atomic mass is 32.1. The number of hydrogen-bond donors (Lipinski definition) is 0. The lowest BCUT2D eigenvalue weighted by atomic mass is 10.1. The van der Waals surface area contributed by atoms with Crippen molar-refractivity contribution in [2.75, 3.05) is 0 Å². The van der Waals surface area contributed by atoms with Gasteiger partial charge in [-0.1, -0.05) is 42.5 Å². The largest absolute Gasteiger partial charge is 0.416 e. The molecule has 0 saturated carbocycles. The Morgan fingerprint density at radius 3 is 2.42 bits per heavy atom. The van der Waals surface area contributed by atoms with Crippen LogP contribution in [0, 0.1) is 0 Å². The zero-order valence-corrected chi connectivity index (χ0v) is 14.5. The summed E-state index contributed by atoms with van der Waals surface area (Å²) >= 11 is 1.66. The highest BCUT2D eigenvalue weighted by Gasteiger charge is 2.16. The standard InChI is InChI=1S/C21H13N3OS/c1-2-7-14(8-3-1)20-23-24-21(25-20)16-13-18(19-11-6-12-26-19)22-17-10-5-4-9-15(16)17/h1-13H. The van der Waals surface area contributed by atoms with Crippen LogP contribution < -0.4 is 0 Å². The maximum atomic E-state index is 5.99. The number of benzene rings is 2. The van der Waals surface area contributed by atoms with E-state index in [4.69, 9.17) is 9.40 Å².